The minimum absolute atomic E-state index is 0.800. The lowest BCUT2D eigenvalue weighted by Gasteiger charge is -2.27. The SMILES string of the molecule is Brc1cccc(N2CCOCC2)n1. The van der Waals surface area contributed by atoms with E-state index in [-0.39, 0.29) is 0 Å². The number of anilines is 1. The first-order valence-electron chi connectivity index (χ1n) is 4.31. The van der Waals surface area contributed by atoms with Gasteiger partial charge in [-0.3, -0.25) is 0 Å². The van der Waals surface area contributed by atoms with Crippen molar-refractivity contribution in [3.8, 4) is 0 Å². The van der Waals surface area contributed by atoms with Crippen molar-refractivity contribution in [2.75, 3.05) is 31.2 Å². The van der Waals surface area contributed by atoms with Crippen LogP contribution in [0.4, 0.5) is 5.82 Å². The molecular formula is C9H11BrN2O. The van der Waals surface area contributed by atoms with E-state index in [0.717, 1.165) is 36.7 Å². The van der Waals surface area contributed by atoms with Crippen molar-refractivity contribution >= 4 is 21.7 Å². The maximum Gasteiger partial charge on any atom is 0.130 e. The molecular weight excluding hydrogens is 232 g/mol. The highest BCUT2D eigenvalue weighted by Gasteiger charge is 2.11. The summed E-state index contributed by atoms with van der Waals surface area (Å²) in [4.78, 5) is 6.61. The molecule has 1 aliphatic rings. The van der Waals surface area contributed by atoms with E-state index in [1.165, 1.54) is 0 Å². The van der Waals surface area contributed by atoms with Crippen LogP contribution in [0.2, 0.25) is 0 Å². The molecule has 0 amide bonds. The summed E-state index contributed by atoms with van der Waals surface area (Å²) >= 11 is 3.36. The number of halogens is 1. The third-order valence-electron chi connectivity index (χ3n) is 2.04. The number of hydrogen-bond acceptors (Lipinski definition) is 3. The van der Waals surface area contributed by atoms with Crippen LogP contribution < -0.4 is 4.90 Å². The summed E-state index contributed by atoms with van der Waals surface area (Å²) in [6, 6.07) is 5.96. The van der Waals surface area contributed by atoms with E-state index in [4.69, 9.17) is 4.74 Å². The topological polar surface area (TPSA) is 25.4 Å². The predicted molar refractivity (Wildman–Crippen MR) is 55.0 cm³/mol. The molecule has 1 aliphatic heterocycles. The number of hydrogen-bond donors (Lipinski definition) is 0. The molecule has 0 bridgehead atoms. The fourth-order valence-corrected chi connectivity index (χ4v) is 1.70. The van der Waals surface area contributed by atoms with E-state index in [0.29, 0.717) is 0 Å². The molecule has 0 radical (unpaired) electrons. The second-order valence-corrected chi connectivity index (χ2v) is 3.73. The summed E-state index contributed by atoms with van der Waals surface area (Å²) in [6.07, 6.45) is 0. The van der Waals surface area contributed by atoms with Crippen molar-refractivity contribution in [2.24, 2.45) is 0 Å². The van der Waals surface area contributed by atoms with Gasteiger partial charge < -0.3 is 9.64 Å². The molecule has 0 atom stereocenters. The summed E-state index contributed by atoms with van der Waals surface area (Å²) in [5.41, 5.74) is 0. The van der Waals surface area contributed by atoms with Gasteiger partial charge in [0.1, 0.15) is 10.4 Å². The van der Waals surface area contributed by atoms with Crippen LogP contribution in [0.15, 0.2) is 22.8 Å². The molecule has 0 aromatic carbocycles. The first kappa shape index (κ1) is 8.97. The molecule has 13 heavy (non-hydrogen) atoms. The monoisotopic (exact) mass is 242 g/mol. The summed E-state index contributed by atoms with van der Waals surface area (Å²) in [6.45, 7) is 3.47. The van der Waals surface area contributed by atoms with Crippen LogP contribution in [-0.4, -0.2) is 31.3 Å². The summed E-state index contributed by atoms with van der Waals surface area (Å²) < 4.78 is 6.16. The van der Waals surface area contributed by atoms with E-state index >= 15 is 0 Å². The van der Waals surface area contributed by atoms with Crippen molar-refractivity contribution < 1.29 is 4.74 Å². The van der Waals surface area contributed by atoms with Gasteiger partial charge in [0, 0.05) is 13.1 Å². The van der Waals surface area contributed by atoms with Gasteiger partial charge in [-0.2, -0.15) is 0 Å². The molecule has 0 N–H and O–H groups in total. The molecule has 2 rings (SSSR count). The number of morpholine rings is 1. The van der Waals surface area contributed by atoms with Gasteiger partial charge >= 0.3 is 0 Å². The quantitative estimate of drug-likeness (QED) is 0.701. The third kappa shape index (κ3) is 2.19. The molecule has 1 saturated heterocycles. The van der Waals surface area contributed by atoms with Crippen LogP contribution in [0.3, 0.4) is 0 Å². The highest BCUT2D eigenvalue weighted by atomic mass is 79.9. The largest absolute Gasteiger partial charge is 0.378 e. The predicted octanol–water partition coefficient (Wildman–Crippen LogP) is 1.68. The van der Waals surface area contributed by atoms with E-state index in [9.17, 15) is 0 Å². The van der Waals surface area contributed by atoms with Crippen LogP contribution in [-0.2, 0) is 4.74 Å². The smallest absolute Gasteiger partial charge is 0.130 e. The number of rotatable bonds is 1. The zero-order valence-electron chi connectivity index (χ0n) is 7.24. The molecule has 1 aromatic rings. The van der Waals surface area contributed by atoms with Gasteiger partial charge in [0.15, 0.2) is 0 Å². The minimum Gasteiger partial charge on any atom is -0.378 e. The van der Waals surface area contributed by atoms with Crippen molar-refractivity contribution in [1.82, 2.24) is 4.98 Å². The average molecular weight is 243 g/mol. The Morgan fingerprint density at radius 2 is 2.08 bits per heavy atom. The van der Waals surface area contributed by atoms with E-state index in [1.54, 1.807) is 0 Å². The van der Waals surface area contributed by atoms with Crippen molar-refractivity contribution in [3.63, 3.8) is 0 Å². The van der Waals surface area contributed by atoms with Crippen molar-refractivity contribution in [3.05, 3.63) is 22.8 Å². The number of nitrogens with zero attached hydrogens (tertiary/aromatic N) is 2. The Bertz CT molecular complexity index is 287. The molecule has 4 heteroatoms. The molecule has 70 valence electrons. The lowest BCUT2D eigenvalue weighted by atomic mass is 10.4. The molecule has 1 aromatic heterocycles. The first-order chi connectivity index (χ1) is 6.36. The van der Waals surface area contributed by atoms with E-state index in [1.807, 2.05) is 18.2 Å². The zero-order chi connectivity index (χ0) is 9.10. The Kier molecular flexibility index (Phi) is 2.80. The third-order valence-corrected chi connectivity index (χ3v) is 2.48. The van der Waals surface area contributed by atoms with Gasteiger partial charge in [-0.25, -0.2) is 4.98 Å². The standard InChI is InChI=1S/C9H11BrN2O/c10-8-2-1-3-9(11-8)12-4-6-13-7-5-12/h1-3H,4-7H2. The molecule has 0 saturated carbocycles. The average Bonchev–Trinajstić information content (AvgIpc) is 2.19. The first-order valence-corrected chi connectivity index (χ1v) is 5.11. The second kappa shape index (κ2) is 4.07. The maximum atomic E-state index is 5.27. The van der Waals surface area contributed by atoms with Crippen molar-refractivity contribution in [1.29, 1.82) is 0 Å². The lowest BCUT2D eigenvalue weighted by molar-refractivity contribution is 0.122. The molecule has 3 nitrogen and oxygen atoms in total. The van der Waals surface area contributed by atoms with Crippen LogP contribution >= 0.6 is 15.9 Å². The molecule has 1 fully saturated rings. The zero-order valence-corrected chi connectivity index (χ0v) is 8.83. The Morgan fingerprint density at radius 1 is 1.31 bits per heavy atom. The summed E-state index contributed by atoms with van der Waals surface area (Å²) in [7, 11) is 0. The molecule has 2 heterocycles. The van der Waals surface area contributed by atoms with Crippen LogP contribution in [0.25, 0.3) is 0 Å². The van der Waals surface area contributed by atoms with Crippen molar-refractivity contribution in [2.45, 2.75) is 0 Å². The van der Waals surface area contributed by atoms with Crippen LogP contribution in [0, 0.1) is 0 Å². The fraction of sp³-hybridized carbons (Fsp3) is 0.444. The summed E-state index contributed by atoms with van der Waals surface area (Å²) in [5, 5.41) is 0. The van der Waals surface area contributed by atoms with Gasteiger partial charge in [-0.05, 0) is 28.1 Å². The Labute approximate surface area is 85.8 Å². The minimum atomic E-state index is 0.800. The second-order valence-electron chi connectivity index (χ2n) is 2.92. The summed E-state index contributed by atoms with van der Waals surface area (Å²) in [5.74, 6) is 1.03. The van der Waals surface area contributed by atoms with Gasteiger partial charge in [0.2, 0.25) is 0 Å². The maximum absolute atomic E-state index is 5.27. The number of pyridine rings is 1. The number of aromatic nitrogens is 1. The van der Waals surface area contributed by atoms with Crippen LogP contribution in [0.1, 0.15) is 0 Å². The van der Waals surface area contributed by atoms with Gasteiger partial charge in [0.25, 0.3) is 0 Å². The molecule has 0 unspecified atom stereocenters. The Balaban J connectivity index is 2.14. The van der Waals surface area contributed by atoms with Gasteiger partial charge in [-0.1, -0.05) is 6.07 Å². The van der Waals surface area contributed by atoms with Gasteiger partial charge in [0.05, 0.1) is 13.2 Å². The fourth-order valence-electron chi connectivity index (χ4n) is 1.37. The molecule has 0 aliphatic carbocycles. The Hall–Kier alpha value is -0.610. The number of ether oxygens (including phenoxy) is 1. The normalized spacial score (nSPS) is 17.5. The highest BCUT2D eigenvalue weighted by molar-refractivity contribution is 9.10. The van der Waals surface area contributed by atoms with E-state index < -0.39 is 0 Å². The lowest BCUT2D eigenvalue weighted by Crippen LogP contribution is -2.36. The van der Waals surface area contributed by atoms with E-state index in [2.05, 4.69) is 25.8 Å². The molecule has 0 spiro atoms. The van der Waals surface area contributed by atoms with Gasteiger partial charge in [-0.15, -0.1) is 0 Å². The Morgan fingerprint density at radius 3 is 2.77 bits per heavy atom. The highest BCUT2D eigenvalue weighted by Crippen LogP contribution is 2.15. The van der Waals surface area contributed by atoms with Crippen LogP contribution in [0.5, 0.6) is 0 Å².